The van der Waals surface area contributed by atoms with Gasteiger partial charge >= 0.3 is 0 Å². The molecular weight excluding hydrogens is 538 g/mol. The lowest BCUT2D eigenvalue weighted by Gasteiger charge is -2.34. The molecule has 0 N–H and O–H groups in total. The molecule has 13 heteroatoms. The number of aryl methyl sites for hydroxylation is 1. The molecule has 1 aromatic carbocycles. The summed E-state index contributed by atoms with van der Waals surface area (Å²) in [5.74, 6) is 0.155. The van der Waals surface area contributed by atoms with Crippen LogP contribution in [0.5, 0.6) is 0 Å². The minimum Gasteiger partial charge on any atom is -0.345 e. The van der Waals surface area contributed by atoms with E-state index in [2.05, 4.69) is 11.2 Å². The fraction of sp³-hybridized carbons (Fsp3) is 0.542. The fourth-order valence-corrected chi connectivity index (χ4v) is 9.03. The van der Waals surface area contributed by atoms with E-state index >= 15 is 0 Å². The van der Waals surface area contributed by atoms with Gasteiger partial charge in [-0.25, -0.2) is 25.8 Å². The van der Waals surface area contributed by atoms with Gasteiger partial charge in [-0.2, -0.15) is 10.4 Å². The van der Waals surface area contributed by atoms with Crippen molar-refractivity contribution in [1.82, 2.24) is 14.1 Å². The Morgan fingerprint density at radius 3 is 2.51 bits per heavy atom. The number of benzene rings is 1. The van der Waals surface area contributed by atoms with Crippen LogP contribution in [0.15, 0.2) is 35.2 Å². The van der Waals surface area contributed by atoms with Crippen LogP contribution in [-0.4, -0.2) is 66.5 Å². The number of amides is 1. The third-order valence-corrected chi connectivity index (χ3v) is 11.5. The zero-order chi connectivity index (χ0) is 26.6. The van der Waals surface area contributed by atoms with Crippen molar-refractivity contribution in [3.05, 3.63) is 41.0 Å². The monoisotopic (exact) mass is 565 g/mol. The molecule has 1 atom stereocenters. The predicted molar refractivity (Wildman–Crippen MR) is 137 cm³/mol. The average molecular weight is 566 g/mol. The number of nitriles is 1. The van der Waals surface area contributed by atoms with E-state index in [0.29, 0.717) is 38.0 Å². The topological polar surface area (TPSA) is 133 Å². The molecule has 0 bridgehead atoms. The second-order valence-corrected chi connectivity index (χ2v) is 14.5. The van der Waals surface area contributed by atoms with Crippen molar-refractivity contribution in [2.75, 3.05) is 23.0 Å². The van der Waals surface area contributed by atoms with E-state index < -0.39 is 37.3 Å². The Hall–Kier alpha value is -2.62. The first kappa shape index (κ1) is 26.0. The standard InChI is InChI=1S/C24H28ClN5O5S2/c1-17-15-22(29(27-17)18-8-13-36(32,33)14-9-18)28-12-4-6-20(28)23(31)30(24(16-26)10-11-24)37(34,35)21-7-3-2-5-19(21)25/h2-3,5,7,15,18,20H,4,6,8-14H2,1H3/t20-/m0/s1. The number of hydrogen-bond donors (Lipinski definition) is 0. The predicted octanol–water partition coefficient (Wildman–Crippen LogP) is 2.84. The third-order valence-electron chi connectivity index (χ3n) is 7.42. The van der Waals surface area contributed by atoms with Gasteiger partial charge in [0.15, 0.2) is 0 Å². The molecule has 3 heterocycles. The summed E-state index contributed by atoms with van der Waals surface area (Å²) in [5.41, 5.74) is -0.713. The van der Waals surface area contributed by atoms with Crippen molar-refractivity contribution in [1.29, 1.82) is 5.26 Å². The number of sulfonamides is 1. The SMILES string of the molecule is Cc1cc(N2CCC[C@H]2C(=O)N(C2(C#N)CC2)S(=O)(=O)c2ccccc2Cl)n(C2CCS(=O)(=O)CC2)n1. The van der Waals surface area contributed by atoms with Crippen LogP contribution >= 0.6 is 11.6 Å². The Labute approximate surface area is 221 Å². The van der Waals surface area contributed by atoms with Crippen LogP contribution in [-0.2, 0) is 24.7 Å². The molecule has 0 unspecified atom stereocenters. The van der Waals surface area contributed by atoms with Crippen LogP contribution in [0.4, 0.5) is 5.82 Å². The lowest BCUT2D eigenvalue weighted by atomic mass is 10.1. The summed E-state index contributed by atoms with van der Waals surface area (Å²) in [5, 5.41) is 14.5. The maximum absolute atomic E-state index is 14.1. The first-order valence-corrected chi connectivity index (χ1v) is 15.9. The lowest BCUT2D eigenvalue weighted by molar-refractivity contribution is -0.129. The number of hydrogen-bond acceptors (Lipinski definition) is 8. The number of nitrogens with zero attached hydrogens (tertiary/aromatic N) is 5. The molecule has 0 spiro atoms. The summed E-state index contributed by atoms with van der Waals surface area (Å²) in [7, 11) is -7.47. The average Bonchev–Trinajstić information content (AvgIpc) is 3.28. The summed E-state index contributed by atoms with van der Waals surface area (Å²) >= 11 is 6.22. The Balaban J connectivity index is 1.51. The van der Waals surface area contributed by atoms with E-state index in [-0.39, 0.29) is 40.3 Å². The smallest absolute Gasteiger partial charge is 0.269 e. The number of carbonyl (C=O) groups excluding carboxylic acids is 1. The summed E-state index contributed by atoms with van der Waals surface area (Å²) in [6.45, 7) is 2.33. The van der Waals surface area contributed by atoms with Crippen LogP contribution in [0, 0.1) is 18.3 Å². The molecule has 1 aromatic heterocycles. The molecule has 2 aliphatic heterocycles. The molecule has 198 valence electrons. The van der Waals surface area contributed by atoms with E-state index in [1.54, 1.807) is 10.7 Å². The van der Waals surface area contributed by atoms with Crippen LogP contribution < -0.4 is 4.90 Å². The largest absolute Gasteiger partial charge is 0.345 e. The van der Waals surface area contributed by atoms with E-state index in [0.717, 1.165) is 10.00 Å². The summed E-state index contributed by atoms with van der Waals surface area (Å²) in [6, 6.07) is 8.88. The molecule has 2 saturated heterocycles. The second kappa shape index (κ2) is 9.29. The van der Waals surface area contributed by atoms with Crippen molar-refractivity contribution >= 4 is 43.2 Å². The molecule has 37 heavy (non-hydrogen) atoms. The summed E-state index contributed by atoms with van der Waals surface area (Å²) < 4.78 is 54.1. The summed E-state index contributed by atoms with van der Waals surface area (Å²) in [4.78, 5) is 15.7. The van der Waals surface area contributed by atoms with Crippen LogP contribution in [0.3, 0.4) is 0 Å². The van der Waals surface area contributed by atoms with Gasteiger partial charge in [-0.3, -0.25) is 4.79 Å². The zero-order valence-corrected chi connectivity index (χ0v) is 22.8. The van der Waals surface area contributed by atoms with Crippen molar-refractivity contribution in [3.63, 3.8) is 0 Å². The highest BCUT2D eigenvalue weighted by Crippen LogP contribution is 2.46. The Morgan fingerprint density at radius 1 is 1.22 bits per heavy atom. The maximum atomic E-state index is 14.1. The van der Waals surface area contributed by atoms with Gasteiger partial charge in [-0.05, 0) is 57.6 Å². The van der Waals surface area contributed by atoms with Crippen molar-refractivity contribution in [2.45, 2.75) is 68.0 Å². The molecular formula is C24H28ClN5O5S2. The first-order chi connectivity index (χ1) is 17.5. The first-order valence-electron chi connectivity index (χ1n) is 12.3. The summed E-state index contributed by atoms with van der Waals surface area (Å²) in [6.07, 6.45) is 2.44. The number of halogens is 1. The van der Waals surface area contributed by atoms with Gasteiger partial charge in [0.05, 0.1) is 34.3 Å². The Kier molecular flexibility index (Phi) is 6.53. The highest BCUT2D eigenvalue weighted by molar-refractivity contribution is 7.91. The van der Waals surface area contributed by atoms with Gasteiger partial charge in [-0.15, -0.1) is 0 Å². The fourth-order valence-electron chi connectivity index (χ4n) is 5.33. The molecule has 2 aromatic rings. The van der Waals surface area contributed by atoms with Gasteiger partial charge in [-0.1, -0.05) is 23.7 Å². The minimum absolute atomic E-state index is 0.0155. The number of sulfone groups is 1. The minimum atomic E-state index is -4.41. The molecule has 0 radical (unpaired) electrons. The molecule has 3 fully saturated rings. The molecule has 1 saturated carbocycles. The molecule has 10 nitrogen and oxygen atoms in total. The Bertz CT molecular complexity index is 1480. The Morgan fingerprint density at radius 2 is 1.89 bits per heavy atom. The van der Waals surface area contributed by atoms with Gasteiger partial charge < -0.3 is 4.90 Å². The molecule has 5 rings (SSSR count). The van der Waals surface area contributed by atoms with Crippen molar-refractivity contribution < 1.29 is 21.6 Å². The second-order valence-electron chi connectivity index (χ2n) is 10.0. The molecule has 1 amide bonds. The maximum Gasteiger partial charge on any atom is 0.269 e. The highest BCUT2D eigenvalue weighted by Gasteiger charge is 2.58. The zero-order valence-electron chi connectivity index (χ0n) is 20.4. The van der Waals surface area contributed by atoms with Crippen LogP contribution in [0.25, 0.3) is 0 Å². The number of anilines is 1. The van der Waals surface area contributed by atoms with Crippen LogP contribution in [0.2, 0.25) is 5.02 Å². The van der Waals surface area contributed by atoms with E-state index in [1.165, 1.54) is 18.2 Å². The number of rotatable bonds is 6. The highest BCUT2D eigenvalue weighted by atomic mass is 35.5. The quantitative estimate of drug-likeness (QED) is 0.522. The van der Waals surface area contributed by atoms with E-state index in [4.69, 9.17) is 11.6 Å². The van der Waals surface area contributed by atoms with Gasteiger partial charge in [0, 0.05) is 12.6 Å². The molecule has 1 aliphatic carbocycles. The lowest BCUT2D eigenvalue weighted by Crippen LogP contribution is -2.53. The van der Waals surface area contributed by atoms with Gasteiger partial charge in [0.1, 0.15) is 32.1 Å². The molecule has 3 aliphatic rings. The van der Waals surface area contributed by atoms with E-state index in [9.17, 15) is 26.9 Å². The van der Waals surface area contributed by atoms with Gasteiger partial charge in [0.2, 0.25) is 0 Å². The number of aromatic nitrogens is 2. The normalized spacial score (nSPS) is 22.9. The number of carbonyl (C=O) groups is 1. The van der Waals surface area contributed by atoms with Crippen molar-refractivity contribution in [3.8, 4) is 6.07 Å². The van der Waals surface area contributed by atoms with Gasteiger partial charge in [0.25, 0.3) is 15.9 Å². The third kappa shape index (κ3) is 4.62. The van der Waals surface area contributed by atoms with E-state index in [1.807, 2.05) is 17.9 Å². The van der Waals surface area contributed by atoms with Crippen molar-refractivity contribution in [2.24, 2.45) is 0 Å². The van der Waals surface area contributed by atoms with Crippen LogP contribution in [0.1, 0.15) is 50.3 Å².